The van der Waals surface area contributed by atoms with E-state index in [0.29, 0.717) is 24.1 Å². The van der Waals surface area contributed by atoms with Gasteiger partial charge in [-0.2, -0.15) is 0 Å². The molecule has 31 heavy (non-hydrogen) atoms. The topological polar surface area (TPSA) is 56.7 Å². The van der Waals surface area contributed by atoms with Gasteiger partial charge < -0.3 is 10.6 Å². The van der Waals surface area contributed by atoms with Crippen LogP contribution in [0.3, 0.4) is 0 Å². The van der Waals surface area contributed by atoms with Crippen LogP contribution in [0.1, 0.15) is 36.5 Å². The lowest BCUT2D eigenvalue weighted by Gasteiger charge is -2.33. The van der Waals surface area contributed by atoms with Gasteiger partial charge in [-0.1, -0.05) is 54.6 Å². The first kappa shape index (κ1) is 23.5. The molecule has 6 heteroatoms. The summed E-state index contributed by atoms with van der Waals surface area (Å²) in [6.07, 6.45) is 2.21. The van der Waals surface area contributed by atoms with Crippen molar-refractivity contribution >= 4 is 16.8 Å². The second kappa shape index (κ2) is 12.6. The standard InChI is InChI=1S/C25H36N4OS/c1-3-26-25(27-15-18-31(30)20-22-10-5-4-6-11-22)28-24-13-16-29(17-14-24)19-23-12-8-7-9-21(23)2/h4-12,24H,3,13-20H2,1-2H3,(H2,26,27,28). The maximum Gasteiger partial charge on any atom is 0.191 e. The summed E-state index contributed by atoms with van der Waals surface area (Å²) >= 11 is 0. The number of likely N-dealkylation sites (tertiary alicyclic amines) is 1. The van der Waals surface area contributed by atoms with Crippen LogP contribution in [0.4, 0.5) is 0 Å². The monoisotopic (exact) mass is 440 g/mol. The van der Waals surface area contributed by atoms with Gasteiger partial charge in [0, 0.05) is 54.5 Å². The molecule has 0 amide bonds. The van der Waals surface area contributed by atoms with Gasteiger partial charge in [0.05, 0.1) is 6.54 Å². The highest BCUT2D eigenvalue weighted by Gasteiger charge is 2.20. The van der Waals surface area contributed by atoms with Crippen LogP contribution >= 0.6 is 0 Å². The van der Waals surface area contributed by atoms with E-state index in [1.807, 2.05) is 30.3 Å². The molecule has 0 aromatic heterocycles. The number of guanidine groups is 1. The van der Waals surface area contributed by atoms with Gasteiger partial charge in [0.15, 0.2) is 5.96 Å². The number of nitrogens with zero attached hydrogens (tertiary/aromatic N) is 2. The summed E-state index contributed by atoms with van der Waals surface area (Å²) in [4.78, 5) is 7.21. The van der Waals surface area contributed by atoms with E-state index in [9.17, 15) is 4.21 Å². The largest absolute Gasteiger partial charge is 0.357 e. The van der Waals surface area contributed by atoms with Crippen LogP contribution in [0.25, 0.3) is 0 Å². The minimum Gasteiger partial charge on any atom is -0.357 e. The second-order valence-electron chi connectivity index (χ2n) is 8.16. The third kappa shape index (κ3) is 8.11. The van der Waals surface area contributed by atoms with Crippen LogP contribution < -0.4 is 10.6 Å². The molecular formula is C25H36N4OS. The summed E-state index contributed by atoms with van der Waals surface area (Å²) in [5, 5.41) is 6.93. The van der Waals surface area contributed by atoms with Crippen molar-refractivity contribution in [2.45, 2.75) is 45.0 Å². The second-order valence-corrected chi connectivity index (χ2v) is 9.73. The van der Waals surface area contributed by atoms with Crippen LogP contribution in [-0.4, -0.2) is 53.0 Å². The summed E-state index contributed by atoms with van der Waals surface area (Å²) in [5.74, 6) is 2.02. The zero-order valence-corrected chi connectivity index (χ0v) is 19.7. The molecule has 1 aliphatic heterocycles. The summed E-state index contributed by atoms with van der Waals surface area (Å²) in [6.45, 7) is 8.87. The Morgan fingerprint density at radius 1 is 1.10 bits per heavy atom. The molecule has 168 valence electrons. The van der Waals surface area contributed by atoms with Gasteiger partial charge in [0.2, 0.25) is 0 Å². The Kier molecular flexibility index (Phi) is 9.56. The summed E-state index contributed by atoms with van der Waals surface area (Å²) in [7, 11) is -0.894. The average molecular weight is 441 g/mol. The van der Waals surface area contributed by atoms with E-state index in [4.69, 9.17) is 0 Å². The number of benzene rings is 2. The van der Waals surface area contributed by atoms with Gasteiger partial charge in [0.1, 0.15) is 0 Å². The van der Waals surface area contributed by atoms with Crippen molar-refractivity contribution < 1.29 is 4.21 Å². The van der Waals surface area contributed by atoms with Gasteiger partial charge >= 0.3 is 0 Å². The van der Waals surface area contributed by atoms with Crippen LogP contribution in [0.2, 0.25) is 0 Å². The smallest absolute Gasteiger partial charge is 0.191 e. The molecule has 1 unspecified atom stereocenters. The van der Waals surface area contributed by atoms with Gasteiger partial charge in [0.25, 0.3) is 0 Å². The molecule has 1 heterocycles. The maximum absolute atomic E-state index is 12.3. The third-order valence-electron chi connectivity index (χ3n) is 5.69. The van der Waals surface area contributed by atoms with Crippen LogP contribution in [0, 0.1) is 6.92 Å². The Bertz CT molecular complexity index is 848. The predicted molar refractivity (Wildman–Crippen MR) is 132 cm³/mol. The molecule has 1 saturated heterocycles. The number of rotatable bonds is 9. The van der Waals surface area contributed by atoms with Crippen molar-refractivity contribution in [2.24, 2.45) is 4.99 Å². The average Bonchev–Trinajstić information content (AvgIpc) is 2.77. The van der Waals surface area contributed by atoms with E-state index in [1.54, 1.807) is 0 Å². The molecule has 1 atom stereocenters. The Balaban J connectivity index is 1.42. The van der Waals surface area contributed by atoms with Gasteiger partial charge in [-0.3, -0.25) is 14.1 Å². The zero-order chi connectivity index (χ0) is 21.9. The molecule has 3 rings (SSSR count). The minimum absolute atomic E-state index is 0.431. The lowest BCUT2D eigenvalue weighted by Crippen LogP contribution is -2.48. The van der Waals surface area contributed by atoms with Crippen molar-refractivity contribution in [3.8, 4) is 0 Å². The number of nitrogens with one attached hydrogen (secondary N) is 2. The lowest BCUT2D eigenvalue weighted by atomic mass is 10.0. The SMILES string of the molecule is CCNC(=NCCS(=O)Cc1ccccc1)NC1CCN(Cc2ccccc2C)CC1. The highest BCUT2D eigenvalue weighted by molar-refractivity contribution is 7.84. The molecule has 1 fully saturated rings. The zero-order valence-electron chi connectivity index (χ0n) is 18.8. The first-order valence-electron chi connectivity index (χ1n) is 11.3. The van der Waals surface area contributed by atoms with Gasteiger partial charge in [-0.15, -0.1) is 0 Å². The molecule has 0 aliphatic carbocycles. The number of hydrogen-bond acceptors (Lipinski definition) is 3. The fraction of sp³-hybridized carbons (Fsp3) is 0.480. The van der Waals surface area contributed by atoms with Crippen LogP contribution in [0.5, 0.6) is 0 Å². The Morgan fingerprint density at radius 2 is 1.81 bits per heavy atom. The molecular weight excluding hydrogens is 404 g/mol. The molecule has 2 aromatic carbocycles. The van der Waals surface area contributed by atoms with E-state index >= 15 is 0 Å². The van der Waals surface area contributed by atoms with E-state index in [-0.39, 0.29) is 0 Å². The first-order chi connectivity index (χ1) is 15.1. The summed E-state index contributed by atoms with van der Waals surface area (Å²) in [6, 6.07) is 19.1. The molecule has 0 spiro atoms. The van der Waals surface area contributed by atoms with Crippen LogP contribution in [-0.2, 0) is 23.1 Å². The van der Waals surface area contributed by atoms with Crippen molar-refractivity contribution in [1.29, 1.82) is 0 Å². The first-order valence-corrected chi connectivity index (χ1v) is 12.8. The molecule has 0 bridgehead atoms. The number of aryl methyl sites for hydroxylation is 1. The predicted octanol–water partition coefficient (Wildman–Crippen LogP) is 3.46. The van der Waals surface area contributed by atoms with Crippen molar-refractivity contribution in [2.75, 3.05) is 31.9 Å². The lowest BCUT2D eigenvalue weighted by molar-refractivity contribution is 0.198. The normalized spacial score (nSPS) is 16.8. The van der Waals surface area contributed by atoms with Gasteiger partial charge in [-0.25, -0.2) is 0 Å². The number of piperidine rings is 1. The Labute approximate surface area is 189 Å². The fourth-order valence-electron chi connectivity index (χ4n) is 3.87. The maximum atomic E-state index is 12.3. The summed E-state index contributed by atoms with van der Waals surface area (Å²) < 4.78 is 12.3. The van der Waals surface area contributed by atoms with E-state index in [1.165, 1.54) is 11.1 Å². The van der Waals surface area contributed by atoms with Crippen molar-refractivity contribution in [3.05, 3.63) is 71.3 Å². The van der Waals surface area contributed by atoms with Crippen molar-refractivity contribution in [3.63, 3.8) is 0 Å². The quantitative estimate of drug-likeness (QED) is 0.463. The van der Waals surface area contributed by atoms with E-state index in [2.05, 4.69) is 58.6 Å². The fourth-order valence-corrected chi connectivity index (χ4v) is 4.87. The van der Waals surface area contributed by atoms with E-state index in [0.717, 1.165) is 50.5 Å². The molecule has 2 N–H and O–H groups in total. The molecule has 0 radical (unpaired) electrons. The van der Waals surface area contributed by atoms with Gasteiger partial charge in [-0.05, 0) is 43.4 Å². The molecule has 5 nitrogen and oxygen atoms in total. The molecule has 2 aromatic rings. The van der Waals surface area contributed by atoms with Crippen molar-refractivity contribution in [1.82, 2.24) is 15.5 Å². The number of aliphatic imine (C=N–C) groups is 1. The van der Waals surface area contributed by atoms with Crippen LogP contribution in [0.15, 0.2) is 59.6 Å². The Hall–Kier alpha value is -2.18. The molecule has 1 aliphatic rings. The minimum atomic E-state index is -0.894. The number of hydrogen-bond donors (Lipinski definition) is 2. The Morgan fingerprint density at radius 3 is 2.52 bits per heavy atom. The summed E-state index contributed by atoms with van der Waals surface area (Å²) in [5.41, 5.74) is 3.91. The third-order valence-corrected chi connectivity index (χ3v) is 6.98. The molecule has 0 saturated carbocycles. The van der Waals surface area contributed by atoms with E-state index < -0.39 is 10.8 Å². The highest BCUT2D eigenvalue weighted by Crippen LogP contribution is 2.16. The highest BCUT2D eigenvalue weighted by atomic mass is 32.2.